The van der Waals surface area contributed by atoms with Gasteiger partial charge in [-0.3, -0.25) is 4.90 Å². The lowest BCUT2D eigenvalue weighted by atomic mass is 9.86. The van der Waals surface area contributed by atoms with Crippen LogP contribution in [0, 0.1) is 0 Å². The number of aromatic nitrogens is 1. The average Bonchev–Trinajstić information content (AvgIpc) is 3.01. The molecule has 1 aliphatic carbocycles. The van der Waals surface area contributed by atoms with E-state index in [0.717, 1.165) is 37.8 Å². The van der Waals surface area contributed by atoms with Crippen molar-refractivity contribution in [2.45, 2.75) is 37.8 Å². The third-order valence-corrected chi connectivity index (χ3v) is 6.38. The summed E-state index contributed by atoms with van der Waals surface area (Å²) in [6, 6.07) is 8.74. The molecule has 2 heterocycles. The van der Waals surface area contributed by atoms with Crippen molar-refractivity contribution in [1.29, 1.82) is 0 Å². The minimum absolute atomic E-state index is 0. The molecule has 0 radical (unpaired) electrons. The summed E-state index contributed by atoms with van der Waals surface area (Å²) in [5.41, 5.74) is 1.27. The summed E-state index contributed by atoms with van der Waals surface area (Å²) in [4.78, 5) is 8.64. The minimum Gasteiger partial charge on any atom is -0.496 e. The van der Waals surface area contributed by atoms with E-state index in [1.54, 1.807) is 7.11 Å². The van der Waals surface area contributed by atoms with E-state index in [-0.39, 0.29) is 12.4 Å². The molecule has 1 saturated carbocycles. The van der Waals surface area contributed by atoms with E-state index in [4.69, 9.17) is 4.74 Å². The molecular weight excluding hydrogens is 354 g/mol. The maximum atomic E-state index is 5.59. The molecule has 2 aromatic rings. The molecule has 1 aliphatic heterocycles. The predicted octanol–water partition coefficient (Wildman–Crippen LogP) is 3.99. The Labute approximate surface area is 160 Å². The third-order valence-electron chi connectivity index (χ3n) is 5.24. The van der Waals surface area contributed by atoms with Gasteiger partial charge in [-0.25, -0.2) is 4.98 Å². The number of nitrogens with one attached hydrogen (secondary N) is 1. The number of para-hydroxylation sites is 1. The van der Waals surface area contributed by atoms with Crippen molar-refractivity contribution in [2.24, 2.45) is 0 Å². The van der Waals surface area contributed by atoms with E-state index < -0.39 is 0 Å². The summed E-state index contributed by atoms with van der Waals surface area (Å²) in [5, 5.41) is 4.88. The van der Waals surface area contributed by atoms with Gasteiger partial charge >= 0.3 is 0 Å². The highest BCUT2D eigenvalue weighted by Crippen LogP contribution is 2.39. The fourth-order valence-corrected chi connectivity index (χ4v) is 4.74. The lowest BCUT2D eigenvalue weighted by Crippen LogP contribution is -2.45. The number of benzene rings is 1. The molecule has 2 aliphatic rings. The van der Waals surface area contributed by atoms with Gasteiger partial charge in [0, 0.05) is 48.7 Å². The topological polar surface area (TPSA) is 37.4 Å². The van der Waals surface area contributed by atoms with Crippen LogP contribution in [0.5, 0.6) is 5.75 Å². The number of rotatable bonds is 5. The van der Waals surface area contributed by atoms with Crippen LogP contribution in [0.15, 0.2) is 30.5 Å². The molecule has 0 spiro atoms. The number of methoxy groups -OCH3 is 1. The fraction of sp³-hybridized carbons (Fsp3) is 0.526. The molecule has 0 bridgehead atoms. The normalized spacial score (nSPS) is 21.4. The van der Waals surface area contributed by atoms with Crippen molar-refractivity contribution < 1.29 is 4.74 Å². The lowest BCUT2D eigenvalue weighted by Gasteiger charge is -2.36. The fourth-order valence-electron chi connectivity index (χ4n) is 3.62. The van der Waals surface area contributed by atoms with Crippen LogP contribution in [0.1, 0.15) is 46.7 Å². The van der Waals surface area contributed by atoms with E-state index >= 15 is 0 Å². The highest BCUT2D eigenvalue weighted by Gasteiger charge is 2.27. The van der Waals surface area contributed by atoms with Crippen molar-refractivity contribution in [2.75, 3.05) is 26.7 Å². The van der Waals surface area contributed by atoms with Crippen LogP contribution in [0.4, 0.5) is 0 Å². The van der Waals surface area contributed by atoms with E-state index in [2.05, 4.69) is 39.6 Å². The molecule has 136 valence electrons. The SMILES string of the molecule is COc1ccccc1C1CNCCN1Cc1cnc(C2CCC2)s1.Cl. The number of hydrogen-bond donors (Lipinski definition) is 1. The molecule has 4 rings (SSSR count). The lowest BCUT2D eigenvalue weighted by molar-refractivity contribution is 0.152. The number of piperazine rings is 1. The van der Waals surface area contributed by atoms with Gasteiger partial charge in [0.15, 0.2) is 0 Å². The Hall–Kier alpha value is -1.14. The molecule has 0 amide bonds. The summed E-state index contributed by atoms with van der Waals surface area (Å²) < 4.78 is 5.59. The first-order valence-corrected chi connectivity index (χ1v) is 9.69. The highest BCUT2D eigenvalue weighted by molar-refractivity contribution is 7.11. The molecule has 6 heteroatoms. The smallest absolute Gasteiger partial charge is 0.123 e. The summed E-state index contributed by atoms with van der Waals surface area (Å²) in [5.74, 6) is 1.72. The minimum atomic E-state index is 0. The van der Waals surface area contributed by atoms with Crippen LogP contribution < -0.4 is 10.1 Å². The number of nitrogens with zero attached hydrogens (tertiary/aromatic N) is 2. The van der Waals surface area contributed by atoms with E-state index in [0.29, 0.717) is 6.04 Å². The summed E-state index contributed by atoms with van der Waals surface area (Å²) in [7, 11) is 1.76. The first-order valence-electron chi connectivity index (χ1n) is 8.87. The van der Waals surface area contributed by atoms with Crippen molar-refractivity contribution in [3.05, 3.63) is 45.9 Å². The standard InChI is InChI=1S/C19H25N3OS.ClH/c1-23-18-8-3-2-7-16(18)17-12-20-9-10-22(17)13-15-11-21-19(24-15)14-5-4-6-14;/h2-3,7-8,11,14,17,20H,4-6,9-10,12-13H2,1H3;1H. The van der Waals surface area contributed by atoms with Crippen LogP contribution in [0.25, 0.3) is 0 Å². The monoisotopic (exact) mass is 379 g/mol. The van der Waals surface area contributed by atoms with Crippen LogP contribution in [0.3, 0.4) is 0 Å². The van der Waals surface area contributed by atoms with Gasteiger partial charge in [0.2, 0.25) is 0 Å². The van der Waals surface area contributed by atoms with Gasteiger partial charge in [0.1, 0.15) is 5.75 Å². The number of hydrogen-bond acceptors (Lipinski definition) is 5. The maximum Gasteiger partial charge on any atom is 0.123 e. The van der Waals surface area contributed by atoms with Crippen molar-refractivity contribution >= 4 is 23.7 Å². The Balaban J connectivity index is 0.00000182. The quantitative estimate of drug-likeness (QED) is 0.852. The van der Waals surface area contributed by atoms with Gasteiger partial charge in [0.05, 0.1) is 18.2 Å². The van der Waals surface area contributed by atoms with E-state index in [9.17, 15) is 0 Å². The molecule has 1 atom stereocenters. The molecule has 4 nitrogen and oxygen atoms in total. The zero-order valence-electron chi connectivity index (χ0n) is 14.6. The summed E-state index contributed by atoms with van der Waals surface area (Å²) in [6.45, 7) is 4.04. The summed E-state index contributed by atoms with van der Waals surface area (Å²) >= 11 is 1.91. The Morgan fingerprint density at radius 3 is 2.92 bits per heavy atom. The zero-order chi connectivity index (χ0) is 16.4. The van der Waals surface area contributed by atoms with Gasteiger partial charge in [-0.15, -0.1) is 23.7 Å². The average molecular weight is 380 g/mol. The van der Waals surface area contributed by atoms with Gasteiger partial charge < -0.3 is 10.1 Å². The van der Waals surface area contributed by atoms with E-state index in [1.807, 2.05) is 17.4 Å². The zero-order valence-corrected chi connectivity index (χ0v) is 16.2. The Bertz CT molecular complexity index is 689. The Kier molecular flexibility index (Phi) is 6.34. The highest BCUT2D eigenvalue weighted by atomic mass is 35.5. The van der Waals surface area contributed by atoms with Gasteiger partial charge in [-0.2, -0.15) is 0 Å². The van der Waals surface area contributed by atoms with Gasteiger partial charge in [0.25, 0.3) is 0 Å². The Morgan fingerprint density at radius 2 is 2.16 bits per heavy atom. The molecule has 2 fully saturated rings. The molecule has 1 aromatic heterocycles. The van der Waals surface area contributed by atoms with Crippen LogP contribution in [-0.2, 0) is 6.54 Å². The van der Waals surface area contributed by atoms with Gasteiger partial charge in [-0.1, -0.05) is 24.6 Å². The largest absolute Gasteiger partial charge is 0.496 e. The van der Waals surface area contributed by atoms with Crippen LogP contribution in [-0.4, -0.2) is 36.6 Å². The van der Waals surface area contributed by atoms with E-state index in [1.165, 1.54) is 34.7 Å². The number of ether oxygens (including phenoxy) is 1. The van der Waals surface area contributed by atoms with Crippen LogP contribution >= 0.6 is 23.7 Å². The second-order valence-corrected chi connectivity index (χ2v) is 7.87. The molecule has 25 heavy (non-hydrogen) atoms. The second kappa shape index (κ2) is 8.49. The predicted molar refractivity (Wildman–Crippen MR) is 105 cm³/mol. The van der Waals surface area contributed by atoms with Crippen LogP contribution in [0.2, 0.25) is 0 Å². The molecule has 1 aromatic carbocycles. The number of thiazole rings is 1. The van der Waals surface area contributed by atoms with Crippen molar-refractivity contribution in [3.8, 4) is 5.75 Å². The Morgan fingerprint density at radius 1 is 1.32 bits per heavy atom. The molecule has 1 N–H and O–H groups in total. The first-order chi connectivity index (χ1) is 11.8. The molecule has 1 saturated heterocycles. The summed E-state index contributed by atoms with van der Waals surface area (Å²) in [6.07, 6.45) is 6.11. The molecular formula is C19H26ClN3OS. The first kappa shape index (κ1) is 18.6. The van der Waals surface area contributed by atoms with Crippen molar-refractivity contribution in [1.82, 2.24) is 15.2 Å². The molecule has 1 unspecified atom stereocenters. The number of halogens is 1. The van der Waals surface area contributed by atoms with Crippen molar-refractivity contribution in [3.63, 3.8) is 0 Å². The maximum absolute atomic E-state index is 5.59. The second-order valence-electron chi connectivity index (χ2n) is 6.72. The van der Waals surface area contributed by atoms with Gasteiger partial charge in [-0.05, 0) is 18.9 Å². The third kappa shape index (κ3) is 4.00.